The summed E-state index contributed by atoms with van der Waals surface area (Å²) in [6.45, 7) is 1.71. The van der Waals surface area contributed by atoms with Gasteiger partial charge in [-0.2, -0.15) is 5.10 Å². The quantitative estimate of drug-likeness (QED) is 0.533. The maximum atomic E-state index is 12.3. The average molecular weight is 386 g/mol. The number of nitrogens with zero attached hydrogens (tertiary/aromatic N) is 1. The van der Waals surface area contributed by atoms with Gasteiger partial charge in [0, 0.05) is 11.1 Å². The van der Waals surface area contributed by atoms with Crippen molar-refractivity contribution in [2.45, 2.75) is 13.3 Å². The van der Waals surface area contributed by atoms with Gasteiger partial charge in [0.25, 0.3) is 5.91 Å². The van der Waals surface area contributed by atoms with Crippen molar-refractivity contribution in [1.82, 2.24) is 5.43 Å². The van der Waals surface area contributed by atoms with E-state index in [4.69, 9.17) is 19.3 Å². The van der Waals surface area contributed by atoms with E-state index >= 15 is 0 Å². The molecule has 0 aromatic heterocycles. The van der Waals surface area contributed by atoms with Crippen LogP contribution in [-0.4, -0.2) is 44.0 Å². The summed E-state index contributed by atoms with van der Waals surface area (Å²) in [6.07, 6.45) is -0.178. The third-order valence-electron chi connectivity index (χ3n) is 4.01. The largest absolute Gasteiger partial charge is 0.496 e. The summed E-state index contributed by atoms with van der Waals surface area (Å²) in [5, 5.41) is 13.1. The van der Waals surface area contributed by atoms with Crippen LogP contribution in [-0.2, 0) is 11.2 Å². The Kier molecular flexibility index (Phi) is 6.97. The van der Waals surface area contributed by atoms with Crippen LogP contribution in [0.2, 0.25) is 0 Å². The molecule has 0 aliphatic rings. The number of hydrogen-bond donors (Lipinski definition) is 2. The number of rotatable bonds is 8. The molecule has 2 N–H and O–H groups in total. The summed E-state index contributed by atoms with van der Waals surface area (Å²) in [7, 11) is 4.48. The minimum Gasteiger partial charge on any atom is -0.496 e. The van der Waals surface area contributed by atoms with Gasteiger partial charge in [-0.15, -0.1) is 0 Å². The fourth-order valence-corrected chi connectivity index (χ4v) is 2.55. The topological polar surface area (TPSA) is 106 Å². The van der Waals surface area contributed by atoms with Gasteiger partial charge in [-0.05, 0) is 48.9 Å². The molecular weight excluding hydrogens is 364 g/mol. The average Bonchev–Trinajstić information content (AvgIpc) is 2.70. The number of carboxylic acids is 1. The fourth-order valence-electron chi connectivity index (χ4n) is 2.55. The van der Waals surface area contributed by atoms with Crippen LogP contribution in [0.4, 0.5) is 0 Å². The second kappa shape index (κ2) is 9.40. The molecule has 0 bridgehead atoms. The Morgan fingerprint density at radius 3 is 2.14 bits per heavy atom. The number of hydrazone groups is 1. The van der Waals surface area contributed by atoms with Crippen LogP contribution in [0.5, 0.6) is 17.2 Å². The lowest BCUT2D eigenvalue weighted by Gasteiger charge is -2.10. The molecule has 2 aromatic carbocycles. The molecule has 0 spiro atoms. The summed E-state index contributed by atoms with van der Waals surface area (Å²) in [5.41, 5.74) is 4.55. The second-order valence-electron chi connectivity index (χ2n) is 5.81. The van der Waals surface area contributed by atoms with Crippen molar-refractivity contribution in [2.75, 3.05) is 21.3 Å². The zero-order valence-corrected chi connectivity index (χ0v) is 16.1. The molecule has 0 radical (unpaired) electrons. The Morgan fingerprint density at radius 1 is 0.929 bits per heavy atom. The van der Waals surface area contributed by atoms with Crippen molar-refractivity contribution in [3.05, 3.63) is 53.1 Å². The lowest BCUT2D eigenvalue weighted by molar-refractivity contribution is -0.136. The zero-order valence-electron chi connectivity index (χ0n) is 16.1. The van der Waals surface area contributed by atoms with Crippen molar-refractivity contribution in [1.29, 1.82) is 0 Å². The molecule has 1 amide bonds. The summed E-state index contributed by atoms with van der Waals surface area (Å²) in [6, 6.07) is 9.87. The van der Waals surface area contributed by atoms with Crippen molar-refractivity contribution in [3.8, 4) is 17.2 Å². The molecule has 0 heterocycles. The lowest BCUT2D eigenvalue weighted by atomic mass is 10.0. The number of carbonyl (C=O) groups excluding carboxylic acids is 1. The van der Waals surface area contributed by atoms with E-state index in [2.05, 4.69) is 10.5 Å². The number of methoxy groups -OCH3 is 3. The molecule has 2 aromatic rings. The van der Waals surface area contributed by atoms with Gasteiger partial charge in [-0.3, -0.25) is 9.59 Å². The van der Waals surface area contributed by atoms with Crippen molar-refractivity contribution < 1.29 is 28.9 Å². The first-order valence-corrected chi connectivity index (χ1v) is 8.35. The van der Waals surface area contributed by atoms with Gasteiger partial charge in [0.1, 0.15) is 5.75 Å². The minimum atomic E-state index is -0.966. The summed E-state index contributed by atoms with van der Waals surface area (Å²) in [4.78, 5) is 23.4. The zero-order chi connectivity index (χ0) is 20.7. The van der Waals surface area contributed by atoms with E-state index in [1.807, 2.05) is 0 Å². The van der Waals surface area contributed by atoms with Gasteiger partial charge in [0.05, 0.1) is 33.5 Å². The smallest absolute Gasteiger partial charge is 0.307 e. The Bertz CT molecular complexity index is 908. The van der Waals surface area contributed by atoms with E-state index in [1.54, 1.807) is 43.3 Å². The summed E-state index contributed by atoms with van der Waals surface area (Å²) in [5.74, 6) is 0.0481. The lowest BCUT2D eigenvalue weighted by Crippen LogP contribution is -2.19. The monoisotopic (exact) mass is 386 g/mol. The molecule has 0 saturated carbocycles. The number of carboxylic acid groups (broad SMARTS) is 1. The van der Waals surface area contributed by atoms with E-state index < -0.39 is 11.9 Å². The highest BCUT2D eigenvalue weighted by Gasteiger charge is 2.12. The maximum Gasteiger partial charge on any atom is 0.307 e. The van der Waals surface area contributed by atoms with Gasteiger partial charge in [0.15, 0.2) is 11.5 Å². The second-order valence-corrected chi connectivity index (χ2v) is 5.81. The highest BCUT2D eigenvalue weighted by atomic mass is 16.5. The first-order valence-electron chi connectivity index (χ1n) is 8.35. The molecule has 2 rings (SSSR count). The molecule has 0 unspecified atom stereocenters. The van der Waals surface area contributed by atoms with E-state index in [-0.39, 0.29) is 6.42 Å². The molecule has 148 valence electrons. The Balaban J connectivity index is 2.19. The molecule has 0 aliphatic carbocycles. The number of nitrogens with one attached hydrogen (secondary N) is 1. The Morgan fingerprint density at radius 2 is 1.54 bits per heavy atom. The Hall–Kier alpha value is -3.55. The third kappa shape index (κ3) is 5.00. The van der Waals surface area contributed by atoms with Crippen molar-refractivity contribution in [2.24, 2.45) is 5.10 Å². The van der Waals surface area contributed by atoms with Crippen LogP contribution in [0.25, 0.3) is 0 Å². The van der Waals surface area contributed by atoms with Crippen LogP contribution >= 0.6 is 0 Å². The SMILES string of the molecule is COc1ccc(/C(C)=N\NC(=O)c2ccc(OC)c(OC)c2)cc1CC(=O)O. The van der Waals surface area contributed by atoms with E-state index in [0.717, 1.165) is 0 Å². The Labute approximate surface area is 162 Å². The predicted octanol–water partition coefficient (Wildman–Crippen LogP) is 2.49. The maximum absolute atomic E-state index is 12.3. The van der Waals surface area contributed by atoms with Crippen molar-refractivity contribution >= 4 is 17.6 Å². The number of hydrogen-bond acceptors (Lipinski definition) is 6. The first kappa shape index (κ1) is 20.8. The van der Waals surface area contributed by atoms with E-state index in [1.165, 1.54) is 21.3 Å². The summed E-state index contributed by atoms with van der Waals surface area (Å²) < 4.78 is 15.5. The fraction of sp³-hybridized carbons (Fsp3) is 0.250. The van der Waals surface area contributed by atoms with Gasteiger partial charge < -0.3 is 19.3 Å². The molecule has 28 heavy (non-hydrogen) atoms. The van der Waals surface area contributed by atoms with Gasteiger partial charge in [0.2, 0.25) is 0 Å². The molecule has 0 fully saturated rings. The molecule has 8 heteroatoms. The van der Waals surface area contributed by atoms with Crippen LogP contribution < -0.4 is 19.6 Å². The van der Waals surface area contributed by atoms with Gasteiger partial charge in [-0.1, -0.05) is 0 Å². The van der Waals surface area contributed by atoms with Crippen LogP contribution in [0, 0.1) is 0 Å². The van der Waals surface area contributed by atoms with Crippen LogP contribution in [0.15, 0.2) is 41.5 Å². The van der Waals surface area contributed by atoms with E-state index in [0.29, 0.717) is 39.7 Å². The van der Waals surface area contributed by atoms with Crippen LogP contribution in [0.3, 0.4) is 0 Å². The van der Waals surface area contributed by atoms with Crippen LogP contribution in [0.1, 0.15) is 28.4 Å². The first-order chi connectivity index (χ1) is 13.4. The highest BCUT2D eigenvalue weighted by Crippen LogP contribution is 2.27. The number of amides is 1. The molecule has 0 aliphatic heterocycles. The number of benzene rings is 2. The standard InChI is InChI=1S/C20H22N2O6/c1-12(13-5-7-16(26-2)15(9-13)11-19(23)24)21-22-20(25)14-6-8-17(27-3)18(10-14)28-4/h5-10H,11H2,1-4H3,(H,22,25)(H,23,24)/b21-12-. The third-order valence-corrected chi connectivity index (χ3v) is 4.01. The number of carbonyl (C=O) groups is 2. The minimum absolute atomic E-state index is 0.178. The highest BCUT2D eigenvalue weighted by molar-refractivity contribution is 6.01. The molecular formula is C20H22N2O6. The normalized spacial score (nSPS) is 10.9. The molecule has 0 atom stereocenters. The van der Waals surface area contributed by atoms with E-state index in [9.17, 15) is 9.59 Å². The number of ether oxygens (including phenoxy) is 3. The molecule has 8 nitrogen and oxygen atoms in total. The molecule has 0 saturated heterocycles. The van der Waals surface area contributed by atoms with Crippen molar-refractivity contribution in [3.63, 3.8) is 0 Å². The number of aliphatic carboxylic acids is 1. The predicted molar refractivity (Wildman–Crippen MR) is 104 cm³/mol. The van der Waals surface area contributed by atoms with Gasteiger partial charge >= 0.3 is 5.97 Å². The van der Waals surface area contributed by atoms with Gasteiger partial charge in [-0.25, -0.2) is 5.43 Å². The summed E-state index contributed by atoms with van der Waals surface area (Å²) >= 11 is 0.